The molecule has 0 spiro atoms. The monoisotopic (exact) mass is 317 g/mol. The normalized spacial score (nSPS) is 11.3. The third kappa shape index (κ3) is 2.38. The Kier molecular flexibility index (Phi) is 3.41. The van der Waals surface area contributed by atoms with E-state index < -0.39 is 0 Å². The van der Waals surface area contributed by atoms with Crippen LogP contribution in [0.4, 0.5) is 5.95 Å². The van der Waals surface area contributed by atoms with Gasteiger partial charge in [0.05, 0.1) is 16.7 Å². The highest BCUT2D eigenvalue weighted by atomic mass is 15.2. The van der Waals surface area contributed by atoms with Crippen molar-refractivity contribution in [1.29, 1.82) is 0 Å². The molecule has 0 amide bonds. The second-order valence-electron chi connectivity index (χ2n) is 6.10. The van der Waals surface area contributed by atoms with Gasteiger partial charge in [-0.3, -0.25) is 4.98 Å². The van der Waals surface area contributed by atoms with Crippen LogP contribution in [0.2, 0.25) is 0 Å². The van der Waals surface area contributed by atoms with Crippen LogP contribution >= 0.6 is 0 Å². The lowest BCUT2D eigenvalue weighted by Gasteiger charge is -2.07. The van der Waals surface area contributed by atoms with Gasteiger partial charge in [-0.2, -0.15) is 0 Å². The minimum Gasteiger partial charge on any atom is -0.352 e. The lowest BCUT2D eigenvalue weighted by atomic mass is 10.1. The molecule has 0 fully saturated rings. The number of aromatic nitrogens is 4. The summed E-state index contributed by atoms with van der Waals surface area (Å²) in [6.07, 6.45) is 1.80. The summed E-state index contributed by atoms with van der Waals surface area (Å²) in [6.45, 7) is 4.78. The summed E-state index contributed by atoms with van der Waals surface area (Å²) in [7, 11) is 2.03. The first-order chi connectivity index (χ1) is 11.6. The number of aryl methyl sites for hydroxylation is 3. The molecule has 5 nitrogen and oxygen atoms in total. The number of fused-ring (bicyclic) bond motifs is 3. The number of hydrogen-bond acceptors (Lipinski definition) is 4. The molecule has 5 heteroatoms. The first-order valence-corrected chi connectivity index (χ1v) is 8.00. The van der Waals surface area contributed by atoms with E-state index in [1.54, 1.807) is 6.20 Å². The van der Waals surface area contributed by atoms with Crippen molar-refractivity contribution in [3.63, 3.8) is 0 Å². The molecule has 1 N–H and O–H groups in total. The Hall–Kier alpha value is -2.95. The molecule has 0 aliphatic rings. The van der Waals surface area contributed by atoms with E-state index in [4.69, 9.17) is 4.98 Å². The summed E-state index contributed by atoms with van der Waals surface area (Å²) in [4.78, 5) is 14.0. The van der Waals surface area contributed by atoms with E-state index in [-0.39, 0.29) is 0 Å². The Balaban J connectivity index is 1.82. The zero-order chi connectivity index (χ0) is 16.7. The average Bonchev–Trinajstić information content (AvgIpc) is 2.92. The van der Waals surface area contributed by atoms with Crippen LogP contribution in [-0.4, -0.2) is 19.5 Å². The maximum absolute atomic E-state index is 4.81. The summed E-state index contributed by atoms with van der Waals surface area (Å²) < 4.78 is 2.09. The summed E-state index contributed by atoms with van der Waals surface area (Å²) in [5, 5.41) is 3.43. The molecule has 4 rings (SSSR count). The maximum Gasteiger partial charge on any atom is 0.203 e. The number of benzene rings is 2. The molecule has 24 heavy (non-hydrogen) atoms. The van der Waals surface area contributed by atoms with Crippen molar-refractivity contribution in [2.45, 2.75) is 20.4 Å². The number of anilines is 1. The van der Waals surface area contributed by atoms with E-state index in [0.717, 1.165) is 45.8 Å². The van der Waals surface area contributed by atoms with E-state index in [1.165, 1.54) is 5.56 Å². The topological polar surface area (TPSA) is 55.6 Å². The molecular weight excluding hydrogens is 298 g/mol. The quantitative estimate of drug-likeness (QED) is 0.625. The van der Waals surface area contributed by atoms with E-state index >= 15 is 0 Å². The van der Waals surface area contributed by atoms with Crippen molar-refractivity contribution in [3.05, 3.63) is 59.4 Å². The van der Waals surface area contributed by atoms with Crippen molar-refractivity contribution in [1.82, 2.24) is 19.5 Å². The van der Waals surface area contributed by atoms with Crippen molar-refractivity contribution >= 4 is 28.0 Å². The number of hydrogen-bond donors (Lipinski definition) is 1. The van der Waals surface area contributed by atoms with Gasteiger partial charge < -0.3 is 9.88 Å². The molecule has 120 valence electrons. The highest BCUT2D eigenvalue weighted by Gasteiger charge is 2.15. The van der Waals surface area contributed by atoms with Gasteiger partial charge in [-0.25, -0.2) is 9.97 Å². The highest BCUT2D eigenvalue weighted by Crippen LogP contribution is 2.28. The Morgan fingerprint density at radius 2 is 1.83 bits per heavy atom. The molecule has 0 aliphatic heterocycles. The van der Waals surface area contributed by atoms with E-state index in [9.17, 15) is 0 Å². The fraction of sp³-hybridized carbons (Fsp3) is 0.211. The molecule has 2 heterocycles. The number of nitrogens with zero attached hydrogens (tertiary/aromatic N) is 4. The second-order valence-corrected chi connectivity index (χ2v) is 6.10. The fourth-order valence-electron chi connectivity index (χ4n) is 3.09. The molecule has 0 bridgehead atoms. The van der Waals surface area contributed by atoms with E-state index in [0.29, 0.717) is 0 Å². The van der Waals surface area contributed by atoms with Gasteiger partial charge in [-0.1, -0.05) is 30.3 Å². The van der Waals surface area contributed by atoms with E-state index in [1.807, 2.05) is 32.2 Å². The van der Waals surface area contributed by atoms with Crippen LogP contribution < -0.4 is 5.32 Å². The van der Waals surface area contributed by atoms with Gasteiger partial charge >= 0.3 is 0 Å². The molecule has 0 atom stereocenters. The average molecular weight is 317 g/mol. The fourth-order valence-corrected chi connectivity index (χ4v) is 3.09. The standard InChI is InChI=1S/C19H19N5/c1-12-9-15-16(22-13(2)10-20-15)17-18(12)24(3)19(23-17)21-11-14-7-5-4-6-8-14/h4-10H,11H2,1-3H3,(H,21,23). The van der Waals surface area contributed by atoms with Gasteiger partial charge in [0.25, 0.3) is 0 Å². The predicted octanol–water partition coefficient (Wildman–Crippen LogP) is 3.75. The van der Waals surface area contributed by atoms with E-state index in [2.05, 4.69) is 45.0 Å². The van der Waals surface area contributed by atoms with Gasteiger partial charge in [0, 0.05) is 19.8 Å². The van der Waals surface area contributed by atoms with Crippen LogP contribution in [0.1, 0.15) is 16.8 Å². The van der Waals surface area contributed by atoms with Crippen LogP contribution in [0.3, 0.4) is 0 Å². The first kappa shape index (κ1) is 14.6. The minimum atomic E-state index is 0.736. The Bertz CT molecular complexity index is 1030. The molecule has 0 saturated carbocycles. The molecular formula is C19H19N5. The van der Waals surface area contributed by atoms with Crippen LogP contribution in [0.15, 0.2) is 42.6 Å². The molecule has 0 radical (unpaired) electrons. The second kappa shape index (κ2) is 5.60. The number of imidazole rings is 1. The summed E-state index contributed by atoms with van der Waals surface area (Å²) in [6, 6.07) is 12.4. The zero-order valence-electron chi connectivity index (χ0n) is 14.0. The van der Waals surface area contributed by atoms with Crippen LogP contribution in [0.5, 0.6) is 0 Å². The zero-order valence-corrected chi connectivity index (χ0v) is 14.0. The first-order valence-electron chi connectivity index (χ1n) is 8.00. The minimum absolute atomic E-state index is 0.736. The summed E-state index contributed by atoms with van der Waals surface area (Å²) in [5.41, 5.74) is 7.02. The molecule has 0 saturated heterocycles. The summed E-state index contributed by atoms with van der Waals surface area (Å²) in [5.74, 6) is 0.841. The van der Waals surface area contributed by atoms with Crippen molar-refractivity contribution in [3.8, 4) is 0 Å². The van der Waals surface area contributed by atoms with Gasteiger partial charge in [0.2, 0.25) is 5.95 Å². The predicted molar refractivity (Wildman–Crippen MR) is 97.1 cm³/mol. The van der Waals surface area contributed by atoms with Crippen LogP contribution in [0, 0.1) is 13.8 Å². The smallest absolute Gasteiger partial charge is 0.203 e. The van der Waals surface area contributed by atoms with Crippen molar-refractivity contribution in [2.75, 3.05) is 5.32 Å². The Morgan fingerprint density at radius 1 is 1.04 bits per heavy atom. The third-order valence-corrected chi connectivity index (χ3v) is 4.26. The maximum atomic E-state index is 4.81. The van der Waals surface area contributed by atoms with Gasteiger partial charge in [-0.05, 0) is 31.0 Å². The highest BCUT2D eigenvalue weighted by molar-refractivity contribution is 6.02. The lowest BCUT2D eigenvalue weighted by molar-refractivity contribution is 0.925. The Labute approximate surface area is 140 Å². The summed E-state index contributed by atoms with van der Waals surface area (Å²) >= 11 is 0. The lowest BCUT2D eigenvalue weighted by Crippen LogP contribution is -2.04. The van der Waals surface area contributed by atoms with Gasteiger partial charge in [0.1, 0.15) is 11.0 Å². The Morgan fingerprint density at radius 3 is 2.62 bits per heavy atom. The van der Waals surface area contributed by atoms with Crippen LogP contribution in [-0.2, 0) is 13.6 Å². The molecule has 4 aromatic rings. The van der Waals surface area contributed by atoms with Crippen LogP contribution in [0.25, 0.3) is 22.1 Å². The third-order valence-electron chi connectivity index (χ3n) is 4.26. The number of nitrogens with one attached hydrogen (secondary N) is 1. The van der Waals surface area contributed by atoms with Gasteiger partial charge in [0.15, 0.2) is 0 Å². The van der Waals surface area contributed by atoms with Crippen molar-refractivity contribution in [2.24, 2.45) is 7.05 Å². The SMILES string of the molecule is Cc1cnc2cc(C)c3c(nc(NCc4ccccc4)n3C)c2n1. The van der Waals surface area contributed by atoms with Crippen molar-refractivity contribution < 1.29 is 0 Å². The van der Waals surface area contributed by atoms with Gasteiger partial charge in [-0.15, -0.1) is 0 Å². The largest absolute Gasteiger partial charge is 0.352 e. The molecule has 2 aromatic heterocycles. The molecule has 0 aliphatic carbocycles. The molecule has 0 unspecified atom stereocenters. The molecule has 2 aromatic carbocycles. The number of rotatable bonds is 3.